The predicted molar refractivity (Wildman–Crippen MR) is 69.1 cm³/mol. The zero-order valence-corrected chi connectivity index (χ0v) is 10.9. The second-order valence-electron chi connectivity index (χ2n) is 4.82. The normalized spacial score (nSPS) is 21.0. The Morgan fingerprint density at radius 3 is 2.90 bits per heavy atom. The van der Waals surface area contributed by atoms with Crippen molar-refractivity contribution < 1.29 is 19.1 Å². The number of carbonyl (C=O) groups is 3. The van der Waals surface area contributed by atoms with E-state index in [4.69, 9.17) is 4.74 Å². The van der Waals surface area contributed by atoms with Crippen molar-refractivity contribution in [1.29, 1.82) is 0 Å². The summed E-state index contributed by atoms with van der Waals surface area (Å²) in [5, 5.41) is 0. The standard InChI is InChI=1S/C14H14N2O4/c17-12-7-6-11-15(12)8-13(18)16(11)14(19)20-9-10-4-2-1-3-5-10/h1-2,4,6H,3,5,7-9H2. The molecular formula is C14H14N2O4. The molecule has 0 radical (unpaired) electrons. The molecule has 2 aliphatic heterocycles. The molecule has 2 heterocycles. The van der Waals surface area contributed by atoms with Crippen molar-refractivity contribution in [3.8, 4) is 0 Å². The first-order valence-corrected chi connectivity index (χ1v) is 6.51. The van der Waals surface area contributed by atoms with Gasteiger partial charge in [-0.25, -0.2) is 4.79 Å². The molecule has 1 saturated heterocycles. The minimum atomic E-state index is -0.714. The van der Waals surface area contributed by atoms with Gasteiger partial charge in [0.25, 0.3) is 5.91 Å². The second-order valence-corrected chi connectivity index (χ2v) is 4.82. The zero-order valence-electron chi connectivity index (χ0n) is 10.9. The highest BCUT2D eigenvalue weighted by Crippen LogP contribution is 2.27. The average Bonchev–Trinajstić information content (AvgIpc) is 2.96. The van der Waals surface area contributed by atoms with Crippen LogP contribution >= 0.6 is 0 Å². The largest absolute Gasteiger partial charge is 0.444 e. The van der Waals surface area contributed by atoms with Gasteiger partial charge in [0.1, 0.15) is 19.0 Å². The molecule has 0 unspecified atom stereocenters. The molecule has 0 bridgehead atoms. The third-order valence-electron chi connectivity index (χ3n) is 3.47. The van der Waals surface area contributed by atoms with Crippen LogP contribution in [0, 0.1) is 0 Å². The van der Waals surface area contributed by atoms with Gasteiger partial charge in [-0.05, 0) is 24.5 Å². The van der Waals surface area contributed by atoms with E-state index in [1.807, 2.05) is 18.2 Å². The smallest absolute Gasteiger partial charge is 0.422 e. The molecule has 0 aromatic carbocycles. The number of fused-ring (bicyclic) bond motifs is 1. The summed E-state index contributed by atoms with van der Waals surface area (Å²) in [5.41, 5.74) is 1.01. The first kappa shape index (κ1) is 12.7. The topological polar surface area (TPSA) is 66.9 Å². The number of ether oxygens (including phenoxy) is 1. The molecule has 104 valence electrons. The maximum Gasteiger partial charge on any atom is 0.422 e. The number of imide groups is 1. The number of carbonyl (C=O) groups excluding carboxylic acids is 3. The summed E-state index contributed by atoms with van der Waals surface area (Å²) in [7, 11) is 0. The van der Waals surface area contributed by atoms with E-state index in [9.17, 15) is 14.4 Å². The molecule has 6 heteroatoms. The second kappa shape index (κ2) is 4.96. The Kier molecular flexibility index (Phi) is 3.14. The van der Waals surface area contributed by atoms with E-state index in [-0.39, 0.29) is 25.5 Å². The lowest BCUT2D eigenvalue weighted by Crippen LogP contribution is -2.32. The van der Waals surface area contributed by atoms with Crippen molar-refractivity contribution in [2.45, 2.75) is 19.3 Å². The summed E-state index contributed by atoms with van der Waals surface area (Å²) in [6.45, 7) is 0.0966. The summed E-state index contributed by atoms with van der Waals surface area (Å²) in [5.74, 6) is -0.252. The van der Waals surface area contributed by atoms with E-state index >= 15 is 0 Å². The van der Waals surface area contributed by atoms with Gasteiger partial charge in [0.05, 0.1) is 0 Å². The Hall–Kier alpha value is -2.37. The number of hydrogen-bond donors (Lipinski definition) is 0. The van der Waals surface area contributed by atoms with E-state index in [2.05, 4.69) is 0 Å². The molecule has 0 saturated carbocycles. The van der Waals surface area contributed by atoms with E-state index < -0.39 is 12.0 Å². The van der Waals surface area contributed by atoms with Gasteiger partial charge < -0.3 is 4.74 Å². The molecule has 0 spiro atoms. The van der Waals surface area contributed by atoms with Crippen LogP contribution in [0.25, 0.3) is 0 Å². The third-order valence-corrected chi connectivity index (χ3v) is 3.47. The fraction of sp³-hybridized carbons (Fsp3) is 0.357. The summed E-state index contributed by atoms with van der Waals surface area (Å²) in [6, 6.07) is 0. The molecule has 0 aromatic heterocycles. The van der Waals surface area contributed by atoms with Crippen molar-refractivity contribution in [1.82, 2.24) is 9.80 Å². The zero-order chi connectivity index (χ0) is 14.1. The van der Waals surface area contributed by atoms with Gasteiger partial charge >= 0.3 is 6.09 Å². The fourth-order valence-electron chi connectivity index (χ4n) is 2.43. The lowest BCUT2D eigenvalue weighted by molar-refractivity contribution is -0.130. The highest BCUT2D eigenvalue weighted by molar-refractivity contribution is 6.02. The molecule has 1 fully saturated rings. The molecular weight excluding hydrogens is 260 g/mol. The summed E-state index contributed by atoms with van der Waals surface area (Å²) < 4.78 is 5.16. The van der Waals surface area contributed by atoms with E-state index in [1.54, 1.807) is 6.08 Å². The van der Waals surface area contributed by atoms with Gasteiger partial charge in [-0.3, -0.25) is 14.5 Å². The first-order chi connectivity index (χ1) is 9.66. The van der Waals surface area contributed by atoms with Crippen molar-refractivity contribution in [2.75, 3.05) is 13.2 Å². The van der Waals surface area contributed by atoms with Gasteiger partial charge in [-0.2, -0.15) is 4.90 Å². The van der Waals surface area contributed by atoms with Crippen LogP contribution in [0.5, 0.6) is 0 Å². The maximum atomic E-state index is 12.0. The third kappa shape index (κ3) is 2.13. The van der Waals surface area contributed by atoms with E-state index in [1.165, 1.54) is 4.90 Å². The number of amides is 3. The summed E-state index contributed by atoms with van der Waals surface area (Å²) in [4.78, 5) is 37.6. The van der Waals surface area contributed by atoms with Crippen molar-refractivity contribution in [3.63, 3.8) is 0 Å². The van der Waals surface area contributed by atoms with E-state index in [0.29, 0.717) is 5.82 Å². The number of rotatable bonds is 2. The van der Waals surface area contributed by atoms with Gasteiger partial charge in [0.2, 0.25) is 5.91 Å². The van der Waals surface area contributed by atoms with Crippen LogP contribution in [0.3, 0.4) is 0 Å². The molecule has 6 nitrogen and oxygen atoms in total. The van der Waals surface area contributed by atoms with Crippen LogP contribution in [0.15, 0.2) is 35.7 Å². The number of allylic oxidation sites excluding steroid dienone is 3. The first-order valence-electron chi connectivity index (χ1n) is 6.51. The lowest BCUT2D eigenvalue weighted by atomic mass is 10.1. The van der Waals surface area contributed by atoms with Crippen LogP contribution in [0.4, 0.5) is 4.79 Å². The molecule has 1 aliphatic carbocycles. The fourth-order valence-corrected chi connectivity index (χ4v) is 2.43. The molecule has 0 aromatic rings. The van der Waals surface area contributed by atoms with Gasteiger partial charge in [-0.15, -0.1) is 0 Å². The average molecular weight is 274 g/mol. The maximum absolute atomic E-state index is 12.0. The molecule has 0 atom stereocenters. The van der Waals surface area contributed by atoms with Crippen molar-refractivity contribution in [2.24, 2.45) is 0 Å². The Morgan fingerprint density at radius 2 is 2.15 bits per heavy atom. The van der Waals surface area contributed by atoms with Crippen molar-refractivity contribution in [3.05, 3.63) is 35.7 Å². The monoisotopic (exact) mass is 274 g/mol. The van der Waals surface area contributed by atoms with Crippen LogP contribution in [-0.4, -0.2) is 40.9 Å². The lowest BCUT2D eigenvalue weighted by Gasteiger charge is -2.17. The number of hydrogen-bond acceptors (Lipinski definition) is 4. The minimum Gasteiger partial charge on any atom is -0.444 e. The van der Waals surface area contributed by atoms with Crippen LogP contribution in [0.1, 0.15) is 19.3 Å². The molecule has 3 amide bonds. The summed E-state index contributed by atoms with van der Waals surface area (Å²) >= 11 is 0. The molecule has 20 heavy (non-hydrogen) atoms. The Morgan fingerprint density at radius 1 is 1.30 bits per heavy atom. The molecule has 3 rings (SSSR count). The van der Waals surface area contributed by atoms with Crippen LogP contribution in [0.2, 0.25) is 0 Å². The Balaban J connectivity index is 1.65. The predicted octanol–water partition coefficient (Wildman–Crippen LogP) is 1.32. The van der Waals surface area contributed by atoms with Gasteiger partial charge in [0.15, 0.2) is 0 Å². The Labute approximate surface area is 116 Å². The molecule has 0 N–H and O–H groups in total. The van der Waals surface area contributed by atoms with E-state index in [0.717, 1.165) is 23.3 Å². The SMILES string of the molecule is O=C1CC=C2N1CC(=O)N2C(=O)OCC1=CC=CCC1. The minimum absolute atomic E-state index is 0.0782. The van der Waals surface area contributed by atoms with Crippen LogP contribution < -0.4 is 0 Å². The summed E-state index contributed by atoms with van der Waals surface area (Å²) in [6.07, 6.45) is 8.75. The van der Waals surface area contributed by atoms with Gasteiger partial charge in [0, 0.05) is 6.42 Å². The molecule has 3 aliphatic rings. The van der Waals surface area contributed by atoms with Gasteiger partial charge in [-0.1, -0.05) is 18.2 Å². The van der Waals surface area contributed by atoms with Crippen molar-refractivity contribution >= 4 is 17.9 Å². The number of nitrogens with zero attached hydrogens (tertiary/aromatic N) is 2. The quantitative estimate of drug-likeness (QED) is 0.761. The highest BCUT2D eigenvalue weighted by Gasteiger charge is 2.43. The highest BCUT2D eigenvalue weighted by atomic mass is 16.6. The van der Waals surface area contributed by atoms with Crippen LogP contribution in [-0.2, 0) is 14.3 Å². The Bertz CT molecular complexity index is 574.